The first-order chi connectivity index (χ1) is 9.80. The van der Waals surface area contributed by atoms with Crippen molar-refractivity contribution in [2.45, 2.75) is 23.5 Å². The number of carbonyl (C=O) groups is 1. The molecule has 0 aromatic heterocycles. The number of nitrogens with one attached hydrogen (secondary N) is 1. The van der Waals surface area contributed by atoms with Crippen molar-refractivity contribution in [2.75, 3.05) is 26.0 Å². The molecule has 0 saturated carbocycles. The molecule has 1 aromatic rings. The number of anilines is 1. The van der Waals surface area contributed by atoms with E-state index in [2.05, 4.69) is 5.32 Å². The highest BCUT2D eigenvalue weighted by molar-refractivity contribution is 7.93. The molecule has 0 bridgehead atoms. The van der Waals surface area contributed by atoms with Crippen LogP contribution in [0.4, 0.5) is 5.69 Å². The molecule has 8 heteroatoms. The molecule has 1 atom stereocenters. The van der Waals surface area contributed by atoms with Crippen LogP contribution in [0.1, 0.15) is 13.3 Å². The van der Waals surface area contributed by atoms with E-state index in [0.717, 1.165) is 0 Å². The maximum atomic E-state index is 12.4. The summed E-state index contributed by atoms with van der Waals surface area (Å²) in [5, 5.41) is 1.66. The van der Waals surface area contributed by atoms with E-state index in [1.54, 1.807) is 7.11 Å². The fourth-order valence-electron chi connectivity index (χ4n) is 1.68. The summed E-state index contributed by atoms with van der Waals surface area (Å²) in [5.41, 5.74) is 5.70. The molecule has 21 heavy (non-hydrogen) atoms. The van der Waals surface area contributed by atoms with E-state index in [0.29, 0.717) is 24.6 Å². The SMILES string of the molecule is COCCCNC(=O)C(C)S(=O)(=O)c1ccc(Cl)cc1N. The molecule has 3 N–H and O–H groups in total. The number of rotatable bonds is 7. The number of amides is 1. The second-order valence-corrected chi connectivity index (χ2v) is 7.18. The first-order valence-corrected chi connectivity index (χ1v) is 8.28. The van der Waals surface area contributed by atoms with Crippen LogP contribution in [-0.2, 0) is 19.4 Å². The van der Waals surface area contributed by atoms with Gasteiger partial charge < -0.3 is 15.8 Å². The Labute approximate surface area is 129 Å². The maximum absolute atomic E-state index is 12.4. The molecule has 0 spiro atoms. The highest BCUT2D eigenvalue weighted by Crippen LogP contribution is 2.25. The minimum atomic E-state index is -3.86. The van der Waals surface area contributed by atoms with E-state index in [1.807, 2.05) is 0 Å². The molecule has 0 radical (unpaired) electrons. The second-order valence-electron chi connectivity index (χ2n) is 4.51. The van der Waals surface area contributed by atoms with Crippen LogP contribution in [0.3, 0.4) is 0 Å². The lowest BCUT2D eigenvalue weighted by atomic mass is 10.3. The molecular weight excluding hydrogens is 316 g/mol. The third-order valence-corrected chi connectivity index (χ3v) is 5.30. The van der Waals surface area contributed by atoms with Crippen molar-refractivity contribution in [3.8, 4) is 0 Å². The summed E-state index contributed by atoms with van der Waals surface area (Å²) in [5.74, 6) is -0.569. The topological polar surface area (TPSA) is 98.5 Å². The van der Waals surface area contributed by atoms with Gasteiger partial charge in [-0.1, -0.05) is 11.6 Å². The van der Waals surface area contributed by atoms with Crippen molar-refractivity contribution in [1.82, 2.24) is 5.32 Å². The molecule has 1 unspecified atom stereocenters. The highest BCUT2D eigenvalue weighted by atomic mass is 35.5. The molecule has 0 aliphatic rings. The fraction of sp³-hybridized carbons (Fsp3) is 0.462. The number of methoxy groups -OCH3 is 1. The quantitative estimate of drug-likeness (QED) is 0.577. The smallest absolute Gasteiger partial charge is 0.238 e. The lowest BCUT2D eigenvalue weighted by molar-refractivity contribution is -0.120. The Kier molecular flexibility index (Phi) is 6.44. The molecule has 0 aliphatic heterocycles. The van der Waals surface area contributed by atoms with Gasteiger partial charge in [0.1, 0.15) is 5.25 Å². The monoisotopic (exact) mass is 334 g/mol. The van der Waals surface area contributed by atoms with Crippen molar-refractivity contribution in [3.05, 3.63) is 23.2 Å². The summed E-state index contributed by atoms with van der Waals surface area (Å²) in [6.45, 7) is 2.17. The predicted octanol–water partition coefficient (Wildman–Crippen LogP) is 1.24. The van der Waals surface area contributed by atoms with E-state index in [1.165, 1.54) is 25.1 Å². The summed E-state index contributed by atoms with van der Waals surface area (Å²) in [6.07, 6.45) is 0.609. The molecule has 0 heterocycles. The number of halogens is 1. The summed E-state index contributed by atoms with van der Waals surface area (Å²) in [6, 6.07) is 4.08. The van der Waals surface area contributed by atoms with Crippen LogP contribution in [-0.4, -0.2) is 39.8 Å². The number of benzene rings is 1. The van der Waals surface area contributed by atoms with Gasteiger partial charge in [-0.2, -0.15) is 0 Å². The molecule has 0 saturated heterocycles. The normalized spacial score (nSPS) is 12.9. The lowest BCUT2D eigenvalue weighted by Gasteiger charge is -2.14. The summed E-state index contributed by atoms with van der Waals surface area (Å²) in [7, 11) is -2.30. The van der Waals surface area contributed by atoms with Gasteiger partial charge in [-0.3, -0.25) is 4.79 Å². The number of nitrogen functional groups attached to an aromatic ring is 1. The van der Waals surface area contributed by atoms with Crippen LogP contribution in [0.15, 0.2) is 23.1 Å². The lowest BCUT2D eigenvalue weighted by Crippen LogP contribution is -2.38. The standard InChI is InChI=1S/C13H19ClN2O4S/c1-9(13(17)16-6-3-7-20-2)21(18,19)12-5-4-10(14)8-11(12)15/h4-5,8-9H,3,6-7,15H2,1-2H3,(H,16,17). The van der Waals surface area contributed by atoms with Crippen LogP contribution in [0, 0.1) is 0 Å². The van der Waals surface area contributed by atoms with Gasteiger partial charge in [0.2, 0.25) is 5.91 Å². The molecule has 0 fully saturated rings. The van der Waals surface area contributed by atoms with Crippen LogP contribution < -0.4 is 11.1 Å². The van der Waals surface area contributed by atoms with Gasteiger partial charge in [-0.25, -0.2) is 8.42 Å². The van der Waals surface area contributed by atoms with Crippen LogP contribution >= 0.6 is 11.6 Å². The molecule has 0 aliphatic carbocycles. The zero-order chi connectivity index (χ0) is 16.0. The number of nitrogens with two attached hydrogens (primary N) is 1. The zero-order valence-electron chi connectivity index (χ0n) is 11.9. The van der Waals surface area contributed by atoms with E-state index in [-0.39, 0.29) is 10.6 Å². The van der Waals surface area contributed by atoms with E-state index < -0.39 is 21.0 Å². The van der Waals surface area contributed by atoms with Crippen molar-refractivity contribution < 1.29 is 17.9 Å². The minimum Gasteiger partial charge on any atom is -0.398 e. The Hall–Kier alpha value is -1.31. The molecule has 118 valence electrons. The Bertz CT molecular complexity index is 604. The summed E-state index contributed by atoms with van der Waals surface area (Å²) >= 11 is 5.74. The molecular formula is C13H19ClN2O4S. The van der Waals surface area contributed by atoms with Crippen LogP contribution in [0.2, 0.25) is 5.02 Å². The maximum Gasteiger partial charge on any atom is 0.238 e. The van der Waals surface area contributed by atoms with Gasteiger partial charge >= 0.3 is 0 Å². The average molecular weight is 335 g/mol. The van der Waals surface area contributed by atoms with Crippen molar-refractivity contribution in [3.63, 3.8) is 0 Å². The van der Waals surface area contributed by atoms with Crippen LogP contribution in [0.5, 0.6) is 0 Å². The molecule has 1 amide bonds. The molecule has 1 rings (SSSR count). The number of sulfone groups is 1. The molecule has 6 nitrogen and oxygen atoms in total. The Morgan fingerprint density at radius 1 is 1.48 bits per heavy atom. The Balaban J connectivity index is 2.84. The number of hydrogen-bond acceptors (Lipinski definition) is 5. The van der Waals surface area contributed by atoms with Gasteiger partial charge in [0.05, 0.1) is 10.6 Å². The minimum absolute atomic E-state index is 0.0292. The van der Waals surface area contributed by atoms with E-state index >= 15 is 0 Å². The zero-order valence-corrected chi connectivity index (χ0v) is 13.5. The first-order valence-electron chi connectivity index (χ1n) is 6.36. The summed E-state index contributed by atoms with van der Waals surface area (Å²) in [4.78, 5) is 11.8. The van der Waals surface area contributed by atoms with Gasteiger partial charge in [0, 0.05) is 25.3 Å². The van der Waals surface area contributed by atoms with Crippen molar-refractivity contribution in [2.24, 2.45) is 0 Å². The van der Waals surface area contributed by atoms with E-state index in [4.69, 9.17) is 22.1 Å². The predicted molar refractivity (Wildman–Crippen MR) is 82.0 cm³/mol. The Morgan fingerprint density at radius 2 is 2.14 bits per heavy atom. The van der Waals surface area contributed by atoms with Gasteiger partial charge in [0.25, 0.3) is 0 Å². The number of carbonyl (C=O) groups excluding carboxylic acids is 1. The first kappa shape index (κ1) is 17.7. The third-order valence-electron chi connectivity index (χ3n) is 2.94. The van der Waals surface area contributed by atoms with Gasteiger partial charge in [0.15, 0.2) is 9.84 Å². The Morgan fingerprint density at radius 3 is 2.71 bits per heavy atom. The average Bonchev–Trinajstić information content (AvgIpc) is 2.42. The van der Waals surface area contributed by atoms with Gasteiger partial charge in [-0.05, 0) is 31.5 Å². The fourth-order valence-corrected chi connectivity index (χ4v) is 3.25. The van der Waals surface area contributed by atoms with Crippen molar-refractivity contribution >= 4 is 33.0 Å². The third kappa shape index (κ3) is 4.59. The van der Waals surface area contributed by atoms with E-state index in [9.17, 15) is 13.2 Å². The number of ether oxygens (including phenoxy) is 1. The summed E-state index contributed by atoms with van der Waals surface area (Å²) < 4.78 is 29.6. The molecule has 1 aromatic carbocycles. The largest absolute Gasteiger partial charge is 0.398 e. The highest BCUT2D eigenvalue weighted by Gasteiger charge is 2.31. The second kappa shape index (κ2) is 7.63. The van der Waals surface area contributed by atoms with Crippen LogP contribution in [0.25, 0.3) is 0 Å². The van der Waals surface area contributed by atoms with Crippen molar-refractivity contribution in [1.29, 1.82) is 0 Å². The number of hydrogen-bond donors (Lipinski definition) is 2. The van der Waals surface area contributed by atoms with Gasteiger partial charge in [-0.15, -0.1) is 0 Å².